The number of aromatic hydroxyl groups is 1. The van der Waals surface area contributed by atoms with E-state index < -0.39 is 0 Å². The van der Waals surface area contributed by atoms with Gasteiger partial charge in [-0.25, -0.2) is 4.39 Å². The molecule has 0 amide bonds. The number of halogens is 1. The van der Waals surface area contributed by atoms with E-state index in [4.69, 9.17) is 4.74 Å². The summed E-state index contributed by atoms with van der Waals surface area (Å²) in [6.45, 7) is 4.57. The molecule has 27 heavy (non-hydrogen) atoms. The molecule has 0 aliphatic heterocycles. The van der Waals surface area contributed by atoms with Crippen LogP contribution in [0.1, 0.15) is 37.0 Å². The summed E-state index contributed by atoms with van der Waals surface area (Å²) >= 11 is 0. The number of hydrogen-bond acceptors (Lipinski definition) is 2. The molecule has 3 aromatic carbocycles. The summed E-state index contributed by atoms with van der Waals surface area (Å²) in [5.41, 5.74) is 4.90. The van der Waals surface area contributed by atoms with Crippen LogP contribution in [0, 0.1) is 5.82 Å². The molecule has 1 N–H and O–H groups in total. The predicted molar refractivity (Wildman–Crippen MR) is 108 cm³/mol. The molecule has 3 heteroatoms. The number of phenolic OH excluding ortho intramolecular Hbond substituents is 1. The van der Waals surface area contributed by atoms with Crippen LogP contribution in [-0.4, -0.2) is 5.11 Å². The van der Waals surface area contributed by atoms with Crippen molar-refractivity contribution >= 4 is 0 Å². The minimum absolute atomic E-state index is 0.266. The lowest BCUT2D eigenvalue weighted by molar-refractivity contribution is 0.305. The summed E-state index contributed by atoms with van der Waals surface area (Å²) in [5, 5.41) is 10.6. The fourth-order valence-corrected chi connectivity index (χ4v) is 3.44. The van der Waals surface area contributed by atoms with Crippen LogP contribution in [0.2, 0.25) is 0 Å². The fourth-order valence-electron chi connectivity index (χ4n) is 3.44. The summed E-state index contributed by atoms with van der Waals surface area (Å²) in [4.78, 5) is 0. The summed E-state index contributed by atoms with van der Waals surface area (Å²) in [6.07, 6.45) is 2.49. The highest BCUT2D eigenvalue weighted by Gasteiger charge is 2.19. The first-order chi connectivity index (χ1) is 13.1. The van der Waals surface area contributed by atoms with Gasteiger partial charge >= 0.3 is 0 Å². The van der Waals surface area contributed by atoms with Crippen molar-refractivity contribution in [1.29, 1.82) is 0 Å². The topological polar surface area (TPSA) is 29.5 Å². The molecule has 0 aromatic heterocycles. The third-order valence-corrected chi connectivity index (χ3v) is 4.71. The Labute approximate surface area is 160 Å². The second-order valence-corrected chi connectivity index (χ2v) is 6.61. The number of benzene rings is 3. The Morgan fingerprint density at radius 2 is 1.63 bits per heavy atom. The average Bonchev–Trinajstić information content (AvgIpc) is 2.69. The van der Waals surface area contributed by atoms with Crippen molar-refractivity contribution in [3.63, 3.8) is 0 Å². The van der Waals surface area contributed by atoms with Gasteiger partial charge in [-0.15, -0.1) is 0 Å². The van der Waals surface area contributed by atoms with Gasteiger partial charge in [-0.2, -0.15) is 0 Å². The number of hydrogen-bond donors (Lipinski definition) is 1. The Bertz CT molecular complexity index is 887. The highest BCUT2D eigenvalue weighted by atomic mass is 19.1. The van der Waals surface area contributed by atoms with Crippen LogP contribution in [0.4, 0.5) is 4.39 Å². The first-order valence-electron chi connectivity index (χ1n) is 9.44. The van der Waals surface area contributed by atoms with Crippen LogP contribution < -0.4 is 4.74 Å². The van der Waals surface area contributed by atoms with Gasteiger partial charge in [0.1, 0.15) is 23.9 Å². The van der Waals surface area contributed by atoms with E-state index in [1.807, 2.05) is 30.3 Å². The molecule has 0 saturated carbocycles. The second-order valence-electron chi connectivity index (χ2n) is 6.61. The minimum atomic E-state index is -0.267. The smallest absolute Gasteiger partial charge is 0.131 e. The van der Waals surface area contributed by atoms with E-state index in [1.54, 1.807) is 18.2 Å². The lowest BCUT2D eigenvalue weighted by atomic mass is 9.90. The Morgan fingerprint density at radius 1 is 0.926 bits per heavy atom. The summed E-state index contributed by atoms with van der Waals surface area (Å²) in [7, 11) is 0. The second kappa shape index (κ2) is 8.72. The van der Waals surface area contributed by atoms with E-state index in [0.717, 1.165) is 47.1 Å². The fraction of sp³-hybridized carbons (Fsp3) is 0.250. The number of rotatable bonds is 7. The van der Waals surface area contributed by atoms with Crippen molar-refractivity contribution in [3.8, 4) is 22.6 Å². The van der Waals surface area contributed by atoms with Gasteiger partial charge in [0.25, 0.3) is 0 Å². The molecule has 0 spiro atoms. The molecule has 140 valence electrons. The Hall–Kier alpha value is -2.81. The van der Waals surface area contributed by atoms with Gasteiger partial charge in [0, 0.05) is 11.6 Å². The molecule has 0 heterocycles. The molecular formula is C24H25FO2. The minimum Gasteiger partial charge on any atom is -0.508 e. The van der Waals surface area contributed by atoms with Crippen LogP contribution in [0.3, 0.4) is 0 Å². The van der Waals surface area contributed by atoms with Gasteiger partial charge in [0.15, 0.2) is 0 Å². The maximum Gasteiger partial charge on any atom is 0.131 e. The summed E-state index contributed by atoms with van der Waals surface area (Å²) in [5.74, 6) is 0.624. The van der Waals surface area contributed by atoms with Crippen LogP contribution in [0.15, 0.2) is 60.7 Å². The van der Waals surface area contributed by atoms with Crippen molar-refractivity contribution in [2.75, 3.05) is 0 Å². The molecule has 2 nitrogen and oxygen atoms in total. The molecule has 3 aromatic rings. The third-order valence-electron chi connectivity index (χ3n) is 4.71. The van der Waals surface area contributed by atoms with Crippen molar-refractivity contribution in [2.24, 2.45) is 0 Å². The number of ether oxygens (including phenoxy) is 1. The quantitative estimate of drug-likeness (QED) is 0.534. The van der Waals surface area contributed by atoms with E-state index in [-0.39, 0.29) is 11.6 Å². The molecule has 0 aliphatic carbocycles. The predicted octanol–water partition coefficient (Wildman–Crippen LogP) is 6.29. The highest BCUT2D eigenvalue weighted by molar-refractivity contribution is 5.77. The van der Waals surface area contributed by atoms with Crippen molar-refractivity contribution in [1.82, 2.24) is 0 Å². The van der Waals surface area contributed by atoms with Crippen molar-refractivity contribution in [2.45, 2.75) is 39.7 Å². The average molecular weight is 364 g/mol. The van der Waals surface area contributed by atoms with Crippen LogP contribution in [-0.2, 0) is 19.4 Å². The molecule has 0 unspecified atom stereocenters. The van der Waals surface area contributed by atoms with Crippen molar-refractivity contribution in [3.05, 3.63) is 83.2 Å². The molecule has 0 radical (unpaired) electrons. The SMILES string of the molecule is CCCc1c(O)cc(OCc2ccccc2)c(-c2ccc(F)cc2)c1CC. The zero-order chi connectivity index (χ0) is 19.2. The highest BCUT2D eigenvalue weighted by Crippen LogP contribution is 2.41. The molecule has 0 fully saturated rings. The Balaban J connectivity index is 2.09. The molecule has 3 rings (SSSR count). The van der Waals surface area contributed by atoms with E-state index in [1.165, 1.54) is 12.1 Å². The van der Waals surface area contributed by atoms with E-state index in [0.29, 0.717) is 12.4 Å². The standard InChI is InChI=1S/C24H25FO2/c1-3-8-21-20(4-2)24(18-11-13-19(25)14-12-18)23(15-22(21)26)27-16-17-9-6-5-7-10-17/h5-7,9-15,26H,3-4,8,16H2,1-2H3. The molecular weight excluding hydrogens is 339 g/mol. The van der Waals surface area contributed by atoms with Gasteiger partial charge in [0.05, 0.1) is 0 Å². The summed E-state index contributed by atoms with van der Waals surface area (Å²) < 4.78 is 19.6. The zero-order valence-electron chi connectivity index (χ0n) is 15.8. The van der Waals surface area contributed by atoms with E-state index >= 15 is 0 Å². The van der Waals surface area contributed by atoms with Gasteiger partial charge < -0.3 is 9.84 Å². The third kappa shape index (κ3) is 4.30. The van der Waals surface area contributed by atoms with E-state index in [9.17, 15) is 9.50 Å². The van der Waals surface area contributed by atoms with Gasteiger partial charge in [-0.05, 0) is 47.2 Å². The number of phenols is 1. The summed E-state index contributed by atoms with van der Waals surface area (Å²) in [6, 6.07) is 18.1. The lowest BCUT2D eigenvalue weighted by Crippen LogP contribution is -2.03. The monoisotopic (exact) mass is 364 g/mol. The van der Waals surface area contributed by atoms with Gasteiger partial charge in [0.2, 0.25) is 0 Å². The van der Waals surface area contributed by atoms with Gasteiger partial charge in [-0.3, -0.25) is 0 Å². The lowest BCUT2D eigenvalue weighted by Gasteiger charge is -2.20. The Morgan fingerprint density at radius 3 is 2.26 bits per heavy atom. The normalized spacial score (nSPS) is 10.8. The molecule has 0 aliphatic rings. The first-order valence-corrected chi connectivity index (χ1v) is 9.44. The first kappa shape index (κ1) is 19.0. The molecule has 0 bridgehead atoms. The maximum absolute atomic E-state index is 13.4. The van der Waals surface area contributed by atoms with Crippen LogP contribution >= 0.6 is 0 Å². The zero-order valence-corrected chi connectivity index (χ0v) is 15.8. The van der Waals surface area contributed by atoms with Crippen LogP contribution in [0.5, 0.6) is 11.5 Å². The Kier molecular flexibility index (Phi) is 6.12. The maximum atomic E-state index is 13.4. The van der Waals surface area contributed by atoms with Crippen molar-refractivity contribution < 1.29 is 14.2 Å². The molecule has 0 saturated heterocycles. The van der Waals surface area contributed by atoms with Gasteiger partial charge in [-0.1, -0.05) is 62.7 Å². The van der Waals surface area contributed by atoms with E-state index in [2.05, 4.69) is 13.8 Å². The largest absolute Gasteiger partial charge is 0.508 e. The van der Waals surface area contributed by atoms with Crippen LogP contribution in [0.25, 0.3) is 11.1 Å². The molecule has 0 atom stereocenters.